The summed E-state index contributed by atoms with van der Waals surface area (Å²) in [6.45, 7) is 7.20. The third kappa shape index (κ3) is 2.20. The van der Waals surface area contributed by atoms with E-state index in [9.17, 15) is 4.79 Å². The zero-order chi connectivity index (χ0) is 14.3. The monoisotopic (exact) mass is 290 g/mol. The Hall–Kier alpha value is -1.16. The molecule has 0 amide bonds. The highest BCUT2D eigenvalue weighted by Crippen LogP contribution is 2.35. The van der Waals surface area contributed by atoms with Crippen LogP contribution in [0.1, 0.15) is 49.4 Å². The molecule has 1 aliphatic rings. The SMILES string of the molecule is CCCCn1c(C)nc2sc3c(c2c1=O)CCC(C)C3. The van der Waals surface area contributed by atoms with Gasteiger partial charge in [-0.2, -0.15) is 0 Å². The number of rotatable bonds is 3. The van der Waals surface area contributed by atoms with E-state index in [1.165, 1.54) is 16.9 Å². The molecule has 0 saturated heterocycles. The predicted octanol–water partition coefficient (Wildman–Crippen LogP) is 3.69. The minimum atomic E-state index is 0.188. The number of aromatic nitrogens is 2. The first-order chi connectivity index (χ1) is 9.61. The highest BCUT2D eigenvalue weighted by Gasteiger charge is 2.23. The van der Waals surface area contributed by atoms with Crippen molar-refractivity contribution in [2.75, 3.05) is 0 Å². The van der Waals surface area contributed by atoms with Gasteiger partial charge in [0.15, 0.2) is 0 Å². The van der Waals surface area contributed by atoms with E-state index < -0.39 is 0 Å². The molecular weight excluding hydrogens is 268 g/mol. The second-order valence-electron chi connectivity index (χ2n) is 6.00. The summed E-state index contributed by atoms with van der Waals surface area (Å²) < 4.78 is 1.87. The van der Waals surface area contributed by atoms with Gasteiger partial charge in [-0.1, -0.05) is 20.3 Å². The smallest absolute Gasteiger partial charge is 0.262 e. The Morgan fingerprint density at radius 1 is 1.45 bits per heavy atom. The first-order valence-corrected chi connectivity index (χ1v) is 8.45. The Balaban J connectivity index is 2.18. The van der Waals surface area contributed by atoms with Crippen LogP contribution >= 0.6 is 11.3 Å². The van der Waals surface area contributed by atoms with Gasteiger partial charge in [0.2, 0.25) is 0 Å². The maximum Gasteiger partial charge on any atom is 0.262 e. The summed E-state index contributed by atoms with van der Waals surface area (Å²) in [5, 5.41) is 0.915. The molecule has 108 valence electrons. The molecule has 2 aromatic heterocycles. The molecule has 0 bridgehead atoms. The Morgan fingerprint density at radius 2 is 2.25 bits per heavy atom. The number of unbranched alkanes of at least 4 members (excludes halogenated alkanes) is 1. The highest BCUT2D eigenvalue weighted by atomic mass is 32.1. The van der Waals surface area contributed by atoms with Crippen molar-refractivity contribution in [2.45, 2.75) is 59.4 Å². The molecule has 4 heteroatoms. The lowest BCUT2D eigenvalue weighted by Gasteiger charge is -2.17. The van der Waals surface area contributed by atoms with Gasteiger partial charge < -0.3 is 0 Å². The number of aryl methyl sites for hydroxylation is 2. The van der Waals surface area contributed by atoms with Gasteiger partial charge in [0.25, 0.3) is 5.56 Å². The lowest BCUT2D eigenvalue weighted by Crippen LogP contribution is -2.24. The molecule has 0 aliphatic heterocycles. The summed E-state index contributed by atoms with van der Waals surface area (Å²) in [4.78, 5) is 19.9. The normalized spacial score (nSPS) is 18.4. The van der Waals surface area contributed by atoms with E-state index in [-0.39, 0.29) is 5.56 Å². The van der Waals surface area contributed by atoms with Gasteiger partial charge >= 0.3 is 0 Å². The molecule has 0 spiro atoms. The van der Waals surface area contributed by atoms with Gasteiger partial charge in [0.1, 0.15) is 10.7 Å². The fraction of sp³-hybridized carbons (Fsp3) is 0.625. The van der Waals surface area contributed by atoms with Crippen molar-refractivity contribution in [1.82, 2.24) is 9.55 Å². The van der Waals surface area contributed by atoms with Crippen LogP contribution in [0.15, 0.2) is 4.79 Å². The van der Waals surface area contributed by atoms with E-state index in [1.807, 2.05) is 11.5 Å². The average molecular weight is 290 g/mol. The molecule has 0 fully saturated rings. The van der Waals surface area contributed by atoms with Crippen LogP contribution in [0, 0.1) is 12.8 Å². The Labute approximate surface area is 123 Å². The second kappa shape index (κ2) is 5.32. The summed E-state index contributed by atoms with van der Waals surface area (Å²) in [5.41, 5.74) is 1.49. The van der Waals surface area contributed by atoms with Crippen molar-refractivity contribution in [3.8, 4) is 0 Å². The number of hydrogen-bond acceptors (Lipinski definition) is 3. The summed E-state index contributed by atoms with van der Waals surface area (Å²) >= 11 is 1.74. The summed E-state index contributed by atoms with van der Waals surface area (Å²) in [6.07, 6.45) is 5.50. The van der Waals surface area contributed by atoms with E-state index in [4.69, 9.17) is 4.98 Å². The van der Waals surface area contributed by atoms with Crippen LogP contribution < -0.4 is 5.56 Å². The molecular formula is C16H22N2OS. The third-order valence-electron chi connectivity index (χ3n) is 4.34. The van der Waals surface area contributed by atoms with Crippen LogP contribution in [-0.4, -0.2) is 9.55 Å². The Bertz CT molecular complexity index is 699. The van der Waals surface area contributed by atoms with Crippen molar-refractivity contribution < 1.29 is 0 Å². The number of hydrogen-bond donors (Lipinski definition) is 0. The molecule has 0 saturated carbocycles. The van der Waals surface area contributed by atoms with E-state index in [2.05, 4.69) is 13.8 Å². The van der Waals surface area contributed by atoms with Crippen molar-refractivity contribution in [2.24, 2.45) is 5.92 Å². The summed E-state index contributed by atoms with van der Waals surface area (Å²) in [7, 11) is 0. The average Bonchev–Trinajstić information content (AvgIpc) is 2.75. The third-order valence-corrected chi connectivity index (χ3v) is 5.49. The van der Waals surface area contributed by atoms with Crippen molar-refractivity contribution in [3.05, 3.63) is 26.6 Å². The summed E-state index contributed by atoms with van der Waals surface area (Å²) in [5.74, 6) is 1.60. The molecule has 0 N–H and O–H groups in total. The van der Waals surface area contributed by atoms with Crippen LogP contribution in [-0.2, 0) is 19.4 Å². The highest BCUT2D eigenvalue weighted by molar-refractivity contribution is 7.18. The topological polar surface area (TPSA) is 34.9 Å². The van der Waals surface area contributed by atoms with Gasteiger partial charge in [0, 0.05) is 11.4 Å². The van der Waals surface area contributed by atoms with Gasteiger partial charge in [-0.25, -0.2) is 4.98 Å². The molecule has 1 atom stereocenters. The van der Waals surface area contributed by atoms with Gasteiger partial charge in [-0.15, -0.1) is 11.3 Å². The molecule has 3 nitrogen and oxygen atoms in total. The molecule has 1 unspecified atom stereocenters. The van der Waals surface area contributed by atoms with Gasteiger partial charge in [-0.05, 0) is 44.1 Å². The molecule has 20 heavy (non-hydrogen) atoms. The van der Waals surface area contributed by atoms with E-state index >= 15 is 0 Å². The van der Waals surface area contributed by atoms with Gasteiger partial charge in [0.05, 0.1) is 5.39 Å². The van der Waals surface area contributed by atoms with Crippen LogP contribution in [0.4, 0.5) is 0 Å². The number of fused-ring (bicyclic) bond motifs is 3. The number of thiophene rings is 1. The van der Waals surface area contributed by atoms with E-state index in [1.54, 1.807) is 11.3 Å². The van der Waals surface area contributed by atoms with Crippen molar-refractivity contribution >= 4 is 21.6 Å². The maximum absolute atomic E-state index is 12.8. The summed E-state index contributed by atoms with van der Waals surface area (Å²) in [6, 6.07) is 0. The Morgan fingerprint density at radius 3 is 3.00 bits per heavy atom. The van der Waals surface area contributed by atoms with Crippen molar-refractivity contribution in [1.29, 1.82) is 0 Å². The predicted molar refractivity (Wildman–Crippen MR) is 84.7 cm³/mol. The first-order valence-electron chi connectivity index (χ1n) is 7.63. The first kappa shape index (κ1) is 13.8. The van der Waals surface area contributed by atoms with Gasteiger partial charge in [-0.3, -0.25) is 9.36 Å². The molecule has 3 rings (SSSR count). The van der Waals surface area contributed by atoms with E-state index in [0.717, 1.165) is 54.2 Å². The fourth-order valence-electron chi connectivity index (χ4n) is 3.10. The lowest BCUT2D eigenvalue weighted by molar-refractivity contribution is 0.508. The molecule has 2 heterocycles. The van der Waals surface area contributed by atoms with Crippen molar-refractivity contribution in [3.63, 3.8) is 0 Å². The minimum absolute atomic E-state index is 0.188. The molecule has 0 aromatic carbocycles. The molecule has 1 aliphatic carbocycles. The maximum atomic E-state index is 12.8. The zero-order valence-corrected chi connectivity index (χ0v) is 13.3. The minimum Gasteiger partial charge on any atom is -0.296 e. The second-order valence-corrected chi connectivity index (χ2v) is 7.08. The number of nitrogens with zero attached hydrogens (tertiary/aromatic N) is 2. The fourth-order valence-corrected chi connectivity index (χ4v) is 4.52. The van der Waals surface area contributed by atoms with Crippen LogP contribution in [0.2, 0.25) is 0 Å². The lowest BCUT2D eigenvalue weighted by atomic mass is 9.89. The largest absolute Gasteiger partial charge is 0.296 e. The Kier molecular flexibility index (Phi) is 3.67. The van der Waals surface area contributed by atoms with Crippen LogP contribution in [0.3, 0.4) is 0 Å². The van der Waals surface area contributed by atoms with E-state index in [0.29, 0.717) is 0 Å². The molecule has 2 aromatic rings. The standard InChI is InChI=1S/C16H22N2OS/c1-4-5-8-18-11(3)17-15-14(16(18)19)12-7-6-10(2)9-13(12)20-15/h10H,4-9H2,1-3H3. The molecule has 0 radical (unpaired) electrons. The van der Waals surface area contributed by atoms with Crippen LogP contribution in [0.5, 0.6) is 0 Å². The van der Waals surface area contributed by atoms with Crippen LogP contribution in [0.25, 0.3) is 10.2 Å². The zero-order valence-electron chi connectivity index (χ0n) is 12.5. The quantitative estimate of drug-likeness (QED) is 0.864.